The van der Waals surface area contributed by atoms with Gasteiger partial charge in [0.1, 0.15) is 6.04 Å². The van der Waals surface area contributed by atoms with Crippen molar-refractivity contribution in [1.82, 2.24) is 10.6 Å². The van der Waals surface area contributed by atoms with E-state index in [-0.39, 0.29) is 11.8 Å². The number of rotatable bonds is 6. The number of hydrogen-bond donors (Lipinski definition) is 3. The monoisotopic (exact) mass is 256 g/mol. The minimum atomic E-state index is -0.950. The van der Waals surface area contributed by atoms with Crippen LogP contribution >= 0.6 is 0 Å². The van der Waals surface area contributed by atoms with Crippen LogP contribution in [-0.4, -0.2) is 36.1 Å². The number of carboxylic acids is 1. The van der Waals surface area contributed by atoms with Gasteiger partial charge >= 0.3 is 5.97 Å². The summed E-state index contributed by atoms with van der Waals surface area (Å²) in [5.41, 5.74) is -0.426. The predicted molar refractivity (Wildman–Crippen MR) is 69.2 cm³/mol. The maximum absolute atomic E-state index is 12.3. The van der Waals surface area contributed by atoms with Crippen LogP contribution < -0.4 is 10.6 Å². The number of hydrogen-bond acceptors (Lipinski definition) is 3. The molecule has 1 amide bonds. The lowest BCUT2D eigenvalue weighted by Crippen LogP contribution is -2.49. The highest BCUT2D eigenvalue weighted by Gasteiger charge is 2.40. The Balaban J connectivity index is 2.68. The second-order valence-corrected chi connectivity index (χ2v) is 5.55. The number of amides is 1. The first-order valence-corrected chi connectivity index (χ1v) is 6.66. The van der Waals surface area contributed by atoms with Gasteiger partial charge in [-0.15, -0.1) is 0 Å². The van der Waals surface area contributed by atoms with Crippen LogP contribution in [0.3, 0.4) is 0 Å². The zero-order chi connectivity index (χ0) is 13.8. The minimum absolute atomic E-state index is 0.122. The summed E-state index contributed by atoms with van der Waals surface area (Å²) in [7, 11) is 0. The highest BCUT2D eigenvalue weighted by atomic mass is 16.4. The van der Waals surface area contributed by atoms with Gasteiger partial charge in [0, 0.05) is 6.54 Å². The molecular formula is C13H24N2O3. The molecule has 1 heterocycles. The molecule has 0 spiro atoms. The molecule has 0 saturated carbocycles. The Morgan fingerprint density at radius 1 is 1.44 bits per heavy atom. The molecule has 5 nitrogen and oxygen atoms in total. The molecule has 0 aliphatic carbocycles. The van der Waals surface area contributed by atoms with Gasteiger partial charge in [-0.25, -0.2) is 4.79 Å². The molecule has 0 aromatic rings. The molecule has 1 saturated heterocycles. The number of carbonyl (C=O) groups excluding carboxylic acids is 1. The molecular weight excluding hydrogens is 232 g/mol. The highest BCUT2D eigenvalue weighted by molar-refractivity contribution is 5.87. The van der Waals surface area contributed by atoms with E-state index >= 15 is 0 Å². The van der Waals surface area contributed by atoms with Crippen molar-refractivity contribution in [3.63, 3.8) is 0 Å². The molecule has 18 heavy (non-hydrogen) atoms. The fraction of sp³-hybridized carbons (Fsp3) is 0.846. The van der Waals surface area contributed by atoms with E-state index in [1.54, 1.807) is 0 Å². The van der Waals surface area contributed by atoms with Crippen molar-refractivity contribution in [2.24, 2.45) is 11.3 Å². The quantitative estimate of drug-likeness (QED) is 0.662. The van der Waals surface area contributed by atoms with Crippen LogP contribution in [0.15, 0.2) is 0 Å². The Bertz CT molecular complexity index is 309. The Labute approximate surface area is 108 Å². The summed E-state index contributed by atoms with van der Waals surface area (Å²) in [6.45, 7) is 7.35. The Morgan fingerprint density at radius 2 is 2.11 bits per heavy atom. The summed E-state index contributed by atoms with van der Waals surface area (Å²) in [6.07, 6.45) is 1.98. The summed E-state index contributed by atoms with van der Waals surface area (Å²) in [5, 5.41) is 15.0. The van der Waals surface area contributed by atoms with Crippen LogP contribution in [0.2, 0.25) is 0 Å². The van der Waals surface area contributed by atoms with Gasteiger partial charge < -0.3 is 15.7 Å². The Morgan fingerprint density at radius 3 is 2.50 bits per heavy atom. The topological polar surface area (TPSA) is 78.4 Å². The number of carbonyl (C=O) groups is 2. The summed E-state index contributed by atoms with van der Waals surface area (Å²) in [6, 6.07) is -0.776. The summed E-state index contributed by atoms with van der Waals surface area (Å²) >= 11 is 0. The van der Waals surface area contributed by atoms with Crippen molar-refractivity contribution in [2.75, 3.05) is 13.1 Å². The second-order valence-electron chi connectivity index (χ2n) is 5.55. The fourth-order valence-corrected chi connectivity index (χ4v) is 2.40. The molecule has 3 N–H and O–H groups in total. The van der Waals surface area contributed by atoms with Gasteiger partial charge in [-0.1, -0.05) is 20.8 Å². The molecule has 1 aliphatic heterocycles. The molecule has 0 radical (unpaired) electrons. The third kappa shape index (κ3) is 3.45. The zero-order valence-corrected chi connectivity index (χ0v) is 11.5. The first kappa shape index (κ1) is 15.0. The largest absolute Gasteiger partial charge is 0.480 e. The predicted octanol–water partition coefficient (Wildman–Crippen LogP) is 0.992. The van der Waals surface area contributed by atoms with E-state index in [4.69, 9.17) is 5.11 Å². The lowest BCUT2D eigenvalue weighted by molar-refractivity contribution is -0.144. The molecule has 1 unspecified atom stereocenters. The van der Waals surface area contributed by atoms with Gasteiger partial charge in [0.05, 0.1) is 5.41 Å². The van der Waals surface area contributed by atoms with Crippen LogP contribution in [0.1, 0.15) is 40.0 Å². The van der Waals surface area contributed by atoms with Gasteiger partial charge in [-0.3, -0.25) is 4.79 Å². The maximum Gasteiger partial charge on any atom is 0.326 e. The first-order chi connectivity index (χ1) is 8.41. The van der Waals surface area contributed by atoms with E-state index in [0.29, 0.717) is 13.0 Å². The lowest BCUT2D eigenvalue weighted by Gasteiger charge is -2.27. The van der Waals surface area contributed by atoms with Gasteiger partial charge in [0.2, 0.25) is 5.91 Å². The third-order valence-corrected chi connectivity index (χ3v) is 3.71. The van der Waals surface area contributed by atoms with E-state index in [1.807, 2.05) is 20.8 Å². The van der Waals surface area contributed by atoms with Gasteiger partial charge in [-0.2, -0.15) is 0 Å². The average Bonchev–Trinajstić information content (AvgIpc) is 2.77. The van der Waals surface area contributed by atoms with Gasteiger partial charge in [-0.05, 0) is 31.7 Å². The molecule has 2 atom stereocenters. The average molecular weight is 256 g/mol. The van der Waals surface area contributed by atoms with Crippen molar-refractivity contribution in [1.29, 1.82) is 0 Å². The highest BCUT2D eigenvalue weighted by Crippen LogP contribution is 2.29. The summed E-state index contributed by atoms with van der Waals surface area (Å²) in [5.74, 6) is -0.831. The number of carboxylic acid groups (broad SMARTS) is 1. The van der Waals surface area contributed by atoms with Crippen LogP contribution in [0.25, 0.3) is 0 Å². The molecule has 1 fully saturated rings. The second kappa shape index (κ2) is 6.18. The van der Waals surface area contributed by atoms with Crippen LogP contribution in [0, 0.1) is 11.3 Å². The standard InChI is InChI=1S/C13H24N2O3/c1-4-13(5-6-14-8-13)12(18)15-10(11(16)17)7-9(2)3/h9-10,14H,4-8H2,1-3H3,(H,15,18)(H,16,17)/t10-,13?/m1/s1. The van der Waals surface area contributed by atoms with Crippen LogP contribution in [-0.2, 0) is 9.59 Å². The molecule has 1 rings (SSSR count). The van der Waals surface area contributed by atoms with E-state index < -0.39 is 17.4 Å². The van der Waals surface area contributed by atoms with Crippen molar-refractivity contribution >= 4 is 11.9 Å². The molecule has 0 bridgehead atoms. The minimum Gasteiger partial charge on any atom is -0.480 e. The molecule has 104 valence electrons. The van der Waals surface area contributed by atoms with Gasteiger partial charge in [0.25, 0.3) is 0 Å². The Hall–Kier alpha value is -1.10. The lowest BCUT2D eigenvalue weighted by atomic mass is 9.83. The van der Waals surface area contributed by atoms with E-state index in [2.05, 4.69) is 10.6 Å². The zero-order valence-electron chi connectivity index (χ0n) is 11.5. The van der Waals surface area contributed by atoms with Crippen LogP contribution in [0.5, 0.6) is 0 Å². The first-order valence-electron chi connectivity index (χ1n) is 6.66. The fourth-order valence-electron chi connectivity index (χ4n) is 2.40. The molecule has 0 aromatic carbocycles. The summed E-state index contributed by atoms with van der Waals surface area (Å²) < 4.78 is 0. The van der Waals surface area contributed by atoms with Crippen LogP contribution in [0.4, 0.5) is 0 Å². The van der Waals surface area contributed by atoms with E-state index in [1.165, 1.54) is 0 Å². The molecule has 0 aromatic heterocycles. The van der Waals surface area contributed by atoms with Crippen molar-refractivity contribution in [2.45, 2.75) is 46.1 Å². The number of aliphatic carboxylic acids is 1. The van der Waals surface area contributed by atoms with Crippen molar-refractivity contribution in [3.05, 3.63) is 0 Å². The van der Waals surface area contributed by atoms with E-state index in [0.717, 1.165) is 19.4 Å². The van der Waals surface area contributed by atoms with Gasteiger partial charge in [0.15, 0.2) is 0 Å². The number of nitrogens with one attached hydrogen (secondary N) is 2. The van der Waals surface area contributed by atoms with Crippen molar-refractivity contribution < 1.29 is 14.7 Å². The van der Waals surface area contributed by atoms with E-state index in [9.17, 15) is 9.59 Å². The van der Waals surface area contributed by atoms with Crippen molar-refractivity contribution in [3.8, 4) is 0 Å². The SMILES string of the molecule is CCC1(C(=O)N[C@H](CC(C)C)C(=O)O)CCNC1. The smallest absolute Gasteiger partial charge is 0.326 e. The molecule has 1 aliphatic rings. The Kier molecular flexibility index (Phi) is 5.14. The third-order valence-electron chi connectivity index (χ3n) is 3.71. The normalized spacial score (nSPS) is 25.1. The maximum atomic E-state index is 12.3. The molecule has 5 heteroatoms. The summed E-state index contributed by atoms with van der Waals surface area (Å²) in [4.78, 5) is 23.4.